The largest absolute Gasteiger partial charge is 0.460 e. The molecule has 0 bridgehead atoms. The number of esters is 4. The predicted octanol–water partition coefficient (Wildman–Crippen LogP) is 8.36. The Morgan fingerprint density at radius 2 is 1.02 bits per heavy atom. The first-order valence-electron chi connectivity index (χ1n) is 20.3. The van der Waals surface area contributed by atoms with E-state index < -0.39 is 60.7 Å². The summed E-state index contributed by atoms with van der Waals surface area (Å²) in [5, 5.41) is 10.3. The Hall–Kier alpha value is -7.08. The van der Waals surface area contributed by atoms with Crippen LogP contribution in [-0.2, 0) is 43.1 Å². The van der Waals surface area contributed by atoms with E-state index in [4.69, 9.17) is 28.4 Å². The van der Waals surface area contributed by atoms with Gasteiger partial charge in [0.15, 0.2) is 12.2 Å². The van der Waals surface area contributed by atoms with Crippen molar-refractivity contribution in [2.75, 3.05) is 6.61 Å². The summed E-state index contributed by atoms with van der Waals surface area (Å²) < 4.78 is 38.2. The summed E-state index contributed by atoms with van der Waals surface area (Å²) in [5.41, 5.74) is 2.25. The molecule has 0 aromatic heterocycles. The summed E-state index contributed by atoms with van der Waals surface area (Å²) in [6.07, 6.45) is -5.15. The van der Waals surface area contributed by atoms with Crippen LogP contribution in [0.1, 0.15) is 77.5 Å². The summed E-state index contributed by atoms with van der Waals surface area (Å²) in [4.78, 5) is 55.7. The first kappa shape index (κ1) is 43.0. The van der Waals surface area contributed by atoms with Crippen molar-refractivity contribution in [2.45, 2.75) is 63.5 Å². The molecule has 0 spiro atoms. The highest BCUT2D eigenvalue weighted by molar-refractivity contribution is 5.91. The van der Waals surface area contributed by atoms with E-state index in [0.717, 1.165) is 12.0 Å². The molecule has 11 heteroatoms. The van der Waals surface area contributed by atoms with Crippen LogP contribution in [0.25, 0.3) is 0 Å². The van der Waals surface area contributed by atoms with Gasteiger partial charge in [0.2, 0.25) is 12.4 Å². The van der Waals surface area contributed by atoms with Crippen molar-refractivity contribution in [1.29, 1.82) is 0 Å². The molecule has 7 rings (SSSR count). The molecule has 316 valence electrons. The fourth-order valence-corrected chi connectivity index (χ4v) is 7.07. The second kappa shape index (κ2) is 20.0. The Morgan fingerprint density at radius 3 is 1.52 bits per heavy atom. The summed E-state index contributed by atoms with van der Waals surface area (Å²) in [7, 11) is 0. The summed E-state index contributed by atoms with van der Waals surface area (Å²) in [6, 6.07) is 46.1. The minimum Gasteiger partial charge on any atom is -0.460 e. The molecule has 5 atom stereocenters. The normalized spacial score (nSPS) is 19.4. The Balaban J connectivity index is 1.36. The Bertz CT molecular complexity index is 2440. The van der Waals surface area contributed by atoms with Crippen molar-refractivity contribution in [3.05, 3.63) is 208 Å². The number of carbonyl (C=O) groups excluding carboxylic acids is 4. The third kappa shape index (κ3) is 10.4. The lowest BCUT2D eigenvalue weighted by Crippen LogP contribution is -2.69. The fourth-order valence-electron chi connectivity index (χ4n) is 7.07. The molecule has 0 saturated carbocycles. The molecule has 6 aromatic rings. The van der Waals surface area contributed by atoms with Crippen LogP contribution >= 0.6 is 0 Å². The van der Waals surface area contributed by atoms with Gasteiger partial charge in [0.05, 0.1) is 28.9 Å². The van der Waals surface area contributed by atoms with Gasteiger partial charge in [0.25, 0.3) is 0 Å². The smallest absolute Gasteiger partial charge is 0.338 e. The molecular weight excluding hydrogens is 789 g/mol. The molecule has 62 heavy (non-hydrogen) atoms. The lowest BCUT2D eigenvalue weighted by atomic mass is 9.87. The quantitative estimate of drug-likeness (QED) is 0.0788. The van der Waals surface area contributed by atoms with Gasteiger partial charge in [-0.1, -0.05) is 116 Å². The summed E-state index contributed by atoms with van der Waals surface area (Å²) >= 11 is 0. The summed E-state index contributed by atoms with van der Waals surface area (Å²) in [6.45, 7) is 2.75. The van der Waals surface area contributed by atoms with Gasteiger partial charge in [-0.2, -0.15) is 0 Å². The van der Waals surface area contributed by atoms with E-state index >= 15 is 0 Å². The van der Waals surface area contributed by atoms with Crippen molar-refractivity contribution in [3.8, 4) is 5.75 Å². The molecular formula is C51H46O11. The molecule has 1 heterocycles. The van der Waals surface area contributed by atoms with Crippen LogP contribution in [0.3, 0.4) is 0 Å². The lowest BCUT2D eigenvalue weighted by molar-refractivity contribution is -0.310. The van der Waals surface area contributed by atoms with Crippen LogP contribution in [0.2, 0.25) is 0 Å². The topological polar surface area (TPSA) is 144 Å². The maximum absolute atomic E-state index is 14.1. The van der Waals surface area contributed by atoms with Gasteiger partial charge in [0, 0.05) is 6.42 Å². The van der Waals surface area contributed by atoms with E-state index in [1.807, 2.05) is 30.3 Å². The molecule has 1 fully saturated rings. The maximum atomic E-state index is 14.1. The molecule has 1 aliphatic rings. The van der Waals surface area contributed by atoms with E-state index in [1.54, 1.807) is 133 Å². The minimum absolute atomic E-state index is 0.155. The van der Waals surface area contributed by atoms with Crippen molar-refractivity contribution in [3.63, 3.8) is 0 Å². The van der Waals surface area contributed by atoms with Crippen LogP contribution in [0.15, 0.2) is 164 Å². The Labute approximate surface area is 359 Å². The SMILES string of the molecule is CCc1ccc(Cc2ccc(CO)cc2O[C@H]2O[C@](C)(COC(=O)c3ccccc3)[C@@H](OC(=O)c3ccccc3)[C@H](OC(=O)c3ccccc3)[C@H]2OC(=O)c2ccccc2)cc1. The number of carbonyl (C=O) groups is 4. The average molecular weight is 835 g/mol. The van der Waals surface area contributed by atoms with Gasteiger partial charge in [-0.15, -0.1) is 0 Å². The van der Waals surface area contributed by atoms with Crippen LogP contribution in [-0.4, -0.2) is 65.8 Å². The van der Waals surface area contributed by atoms with Crippen LogP contribution in [0, 0.1) is 0 Å². The fraction of sp³-hybridized carbons (Fsp3) is 0.216. The molecule has 0 aliphatic carbocycles. The number of aryl methyl sites for hydroxylation is 1. The molecule has 1 N–H and O–H groups in total. The number of benzene rings is 6. The first-order chi connectivity index (χ1) is 30.1. The zero-order chi connectivity index (χ0) is 43.5. The van der Waals surface area contributed by atoms with Crippen molar-refractivity contribution in [2.24, 2.45) is 0 Å². The van der Waals surface area contributed by atoms with Gasteiger partial charge in [-0.05, 0) is 90.2 Å². The van der Waals surface area contributed by atoms with Crippen LogP contribution in [0.5, 0.6) is 5.75 Å². The highest BCUT2D eigenvalue weighted by Crippen LogP contribution is 2.39. The molecule has 0 unspecified atom stereocenters. The summed E-state index contributed by atoms with van der Waals surface area (Å²) in [5.74, 6) is -2.91. The number of aliphatic hydroxyl groups excluding tert-OH is 1. The molecule has 1 aliphatic heterocycles. The van der Waals surface area contributed by atoms with E-state index in [9.17, 15) is 24.3 Å². The predicted molar refractivity (Wildman–Crippen MR) is 229 cm³/mol. The molecule has 0 amide bonds. The van der Waals surface area contributed by atoms with Crippen molar-refractivity contribution < 1.29 is 52.7 Å². The maximum Gasteiger partial charge on any atom is 0.338 e. The zero-order valence-corrected chi connectivity index (χ0v) is 34.3. The molecule has 1 saturated heterocycles. The number of ether oxygens (including phenoxy) is 6. The van der Waals surface area contributed by atoms with Crippen molar-refractivity contribution in [1.82, 2.24) is 0 Å². The minimum atomic E-state index is -1.83. The second-order valence-electron chi connectivity index (χ2n) is 15.0. The number of aliphatic hydroxyl groups is 1. The standard InChI is InChI=1S/C51H46O11/c1-3-34-24-26-35(27-25-34)30-41-29-28-36(32-52)31-42(41)58-50-44(60-48(55)39-20-12-6-13-21-39)43(59-47(54)38-18-10-5-11-19-38)45(61-49(56)40-22-14-7-15-23-40)51(2,62-50)33-57-46(53)37-16-8-4-9-17-37/h4-29,31,43-45,50,52H,3,30,32-33H2,1-2H3/t43-,44-,45+,50+,51-/m1/s1. The Morgan fingerprint density at radius 1 is 0.565 bits per heavy atom. The number of hydrogen-bond donors (Lipinski definition) is 1. The monoisotopic (exact) mass is 834 g/mol. The average Bonchev–Trinajstić information content (AvgIpc) is 3.32. The van der Waals surface area contributed by atoms with E-state index in [0.29, 0.717) is 17.5 Å². The first-order valence-corrected chi connectivity index (χ1v) is 20.3. The van der Waals surface area contributed by atoms with Gasteiger partial charge in [-0.3, -0.25) is 0 Å². The molecule has 11 nitrogen and oxygen atoms in total. The van der Waals surface area contributed by atoms with Gasteiger partial charge >= 0.3 is 23.9 Å². The van der Waals surface area contributed by atoms with E-state index in [2.05, 4.69) is 6.92 Å². The molecule has 0 radical (unpaired) electrons. The van der Waals surface area contributed by atoms with E-state index in [-0.39, 0.29) is 34.6 Å². The number of rotatable bonds is 15. The Kier molecular flexibility index (Phi) is 13.9. The number of hydrogen-bond acceptors (Lipinski definition) is 11. The zero-order valence-electron chi connectivity index (χ0n) is 34.3. The highest BCUT2D eigenvalue weighted by atomic mass is 16.7. The third-order valence-corrected chi connectivity index (χ3v) is 10.5. The third-order valence-electron chi connectivity index (χ3n) is 10.5. The lowest BCUT2D eigenvalue weighted by Gasteiger charge is -2.49. The van der Waals surface area contributed by atoms with E-state index in [1.165, 1.54) is 12.5 Å². The van der Waals surface area contributed by atoms with Gasteiger partial charge in [0.1, 0.15) is 18.0 Å². The second-order valence-corrected chi connectivity index (χ2v) is 15.0. The molecule has 6 aromatic carbocycles. The highest BCUT2D eigenvalue weighted by Gasteiger charge is 2.60. The van der Waals surface area contributed by atoms with Gasteiger partial charge in [-0.25, -0.2) is 19.2 Å². The van der Waals surface area contributed by atoms with Crippen LogP contribution < -0.4 is 4.74 Å². The van der Waals surface area contributed by atoms with Crippen LogP contribution in [0.4, 0.5) is 0 Å². The van der Waals surface area contributed by atoms with Crippen molar-refractivity contribution >= 4 is 23.9 Å². The van der Waals surface area contributed by atoms with Gasteiger partial charge < -0.3 is 33.5 Å².